The zero-order valence-corrected chi connectivity index (χ0v) is 25.3. The number of hydrogen-bond donors (Lipinski definition) is 1. The van der Waals surface area contributed by atoms with Crippen molar-refractivity contribution in [3.63, 3.8) is 0 Å². The van der Waals surface area contributed by atoms with Crippen LogP contribution >= 0.6 is 15.9 Å². The van der Waals surface area contributed by atoms with Gasteiger partial charge in [0.05, 0.1) is 5.69 Å². The zero-order valence-electron chi connectivity index (χ0n) is 23.8. The maximum atomic E-state index is 13.6. The van der Waals surface area contributed by atoms with Crippen molar-refractivity contribution in [3.05, 3.63) is 141 Å². The Morgan fingerprint density at radius 1 is 0.795 bits per heavy atom. The summed E-state index contributed by atoms with van der Waals surface area (Å²) >= 11 is 3.47. The van der Waals surface area contributed by atoms with Gasteiger partial charge in [0.2, 0.25) is 0 Å². The Labute approximate surface area is 262 Å². The number of carbonyl (C=O) groups is 3. The van der Waals surface area contributed by atoms with Gasteiger partial charge in [0, 0.05) is 10.0 Å². The summed E-state index contributed by atoms with van der Waals surface area (Å²) in [6.45, 7) is 2.68. The average Bonchev–Trinajstić information content (AvgIpc) is 3.03. The van der Waals surface area contributed by atoms with Crippen molar-refractivity contribution < 1.29 is 23.9 Å². The summed E-state index contributed by atoms with van der Waals surface area (Å²) in [7, 11) is 0. The maximum absolute atomic E-state index is 13.6. The fourth-order valence-electron chi connectivity index (χ4n) is 4.93. The molecule has 0 bridgehead atoms. The van der Waals surface area contributed by atoms with E-state index in [1.165, 1.54) is 11.6 Å². The lowest BCUT2D eigenvalue weighted by atomic mass is 10.0. The minimum atomic E-state index is -0.827. The summed E-state index contributed by atoms with van der Waals surface area (Å²) in [4.78, 5) is 40.2. The number of anilines is 1. The topological polar surface area (TPSA) is 84.9 Å². The van der Waals surface area contributed by atoms with Crippen molar-refractivity contribution in [3.8, 4) is 11.5 Å². The Morgan fingerprint density at radius 3 is 2.34 bits per heavy atom. The number of benzene rings is 5. The molecular formula is C36H27BrN2O5. The second-order valence-corrected chi connectivity index (χ2v) is 11.3. The van der Waals surface area contributed by atoms with E-state index >= 15 is 0 Å². The van der Waals surface area contributed by atoms with E-state index in [1.54, 1.807) is 36.4 Å². The number of aryl methyl sites for hydroxylation is 1. The monoisotopic (exact) mass is 646 g/mol. The van der Waals surface area contributed by atoms with Crippen LogP contribution in [0, 0.1) is 6.92 Å². The fourth-order valence-corrected chi connectivity index (χ4v) is 5.31. The molecule has 0 aromatic heterocycles. The lowest BCUT2D eigenvalue weighted by Crippen LogP contribution is -2.54. The van der Waals surface area contributed by atoms with E-state index in [4.69, 9.17) is 9.47 Å². The first-order chi connectivity index (χ1) is 21.4. The molecule has 0 atom stereocenters. The third-order valence-corrected chi connectivity index (χ3v) is 7.75. The van der Waals surface area contributed by atoms with Gasteiger partial charge >= 0.3 is 6.03 Å². The van der Waals surface area contributed by atoms with Gasteiger partial charge in [-0.05, 0) is 77.4 Å². The molecule has 218 valence electrons. The molecule has 4 amide bonds. The quantitative estimate of drug-likeness (QED) is 0.138. The first-order valence-corrected chi connectivity index (χ1v) is 14.7. The molecule has 0 unspecified atom stereocenters. The summed E-state index contributed by atoms with van der Waals surface area (Å²) in [6.07, 6.45) is 1.44. The number of halogens is 1. The van der Waals surface area contributed by atoms with Crippen molar-refractivity contribution in [1.29, 1.82) is 0 Å². The van der Waals surface area contributed by atoms with Crippen LogP contribution in [-0.4, -0.2) is 17.8 Å². The van der Waals surface area contributed by atoms with E-state index < -0.39 is 17.8 Å². The number of rotatable bonds is 8. The molecule has 1 fully saturated rings. The van der Waals surface area contributed by atoms with E-state index in [0.29, 0.717) is 29.4 Å². The smallest absolute Gasteiger partial charge is 0.335 e. The van der Waals surface area contributed by atoms with Crippen molar-refractivity contribution in [2.24, 2.45) is 0 Å². The molecule has 0 radical (unpaired) electrons. The molecular weight excluding hydrogens is 620 g/mol. The molecule has 1 saturated heterocycles. The number of amides is 4. The minimum absolute atomic E-state index is 0.197. The molecule has 0 saturated carbocycles. The summed E-state index contributed by atoms with van der Waals surface area (Å²) in [5, 5.41) is 4.46. The van der Waals surface area contributed by atoms with E-state index in [1.807, 2.05) is 79.7 Å². The normalized spacial score (nSPS) is 14.2. The molecule has 0 spiro atoms. The van der Waals surface area contributed by atoms with Crippen LogP contribution in [0.15, 0.2) is 119 Å². The molecule has 5 aromatic rings. The van der Waals surface area contributed by atoms with Crippen LogP contribution in [0.4, 0.5) is 10.5 Å². The molecule has 1 aliphatic rings. The van der Waals surface area contributed by atoms with Crippen molar-refractivity contribution in [1.82, 2.24) is 5.32 Å². The van der Waals surface area contributed by atoms with Crippen molar-refractivity contribution in [2.45, 2.75) is 20.1 Å². The summed E-state index contributed by atoms with van der Waals surface area (Å²) < 4.78 is 12.8. The fraction of sp³-hybridized carbons (Fsp3) is 0.0833. The Kier molecular flexibility index (Phi) is 8.25. The van der Waals surface area contributed by atoms with Crippen molar-refractivity contribution >= 4 is 56.3 Å². The van der Waals surface area contributed by atoms with Gasteiger partial charge in [-0.3, -0.25) is 14.9 Å². The SMILES string of the molecule is Cc1ccc(COc2ccc(N3C(=O)NC(=O)/C(=C\c4cc(Br)ccc4OCc4cccc5ccccc45)C3=O)cc2)cc1. The largest absolute Gasteiger partial charge is 0.489 e. The Balaban J connectivity index is 1.22. The van der Waals surface area contributed by atoms with E-state index in [2.05, 4.69) is 21.2 Å². The van der Waals surface area contributed by atoms with Crippen molar-refractivity contribution in [2.75, 3.05) is 4.90 Å². The van der Waals surface area contributed by atoms with E-state index in [0.717, 1.165) is 31.3 Å². The van der Waals surface area contributed by atoms with Gasteiger partial charge in [0.25, 0.3) is 11.8 Å². The number of carbonyl (C=O) groups excluding carboxylic acids is 3. The maximum Gasteiger partial charge on any atom is 0.335 e. The minimum Gasteiger partial charge on any atom is -0.489 e. The van der Waals surface area contributed by atoms with Crippen LogP contribution in [0.5, 0.6) is 11.5 Å². The third kappa shape index (κ3) is 6.26. The van der Waals surface area contributed by atoms with Gasteiger partial charge in [0.15, 0.2) is 0 Å². The third-order valence-electron chi connectivity index (χ3n) is 7.26. The Bertz CT molecular complexity index is 1910. The molecule has 8 heteroatoms. The average molecular weight is 648 g/mol. The lowest BCUT2D eigenvalue weighted by molar-refractivity contribution is -0.122. The molecule has 1 aliphatic heterocycles. The standard InChI is InChI=1S/C36H27BrN2O5/c1-23-9-11-24(12-10-23)21-43-30-16-14-29(15-17-30)39-35(41)32(34(40)38-36(39)42)20-27-19-28(37)13-18-33(27)44-22-26-7-4-6-25-5-2-3-8-31(25)26/h2-20H,21-22H2,1H3,(H,38,40,42)/b32-20+. The van der Waals surface area contributed by atoms with Crippen LogP contribution in [0.25, 0.3) is 16.8 Å². The number of nitrogens with one attached hydrogen (secondary N) is 1. The molecule has 5 aromatic carbocycles. The number of hydrogen-bond acceptors (Lipinski definition) is 5. The van der Waals surface area contributed by atoms with Gasteiger partial charge in [-0.15, -0.1) is 0 Å². The summed E-state index contributed by atoms with van der Waals surface area (Å²) in [5.74, 6) is -0.470. The lowest BCUT2D eigenvalue weighted by Gasteiger charge is -2.26. The number of imide groups is 2. The highest BCUT2D eigenvalue weighted by Gasteiger charge is 2.37. The van der Waals surface area contributed by atoms with Crippen LogP contribution in [0.3, 0.4) is 0 Å². The summed E-state index contributed by atoms with van der Waals surface area (Å²) in [6, 6.07) is 33.2. The molecule has 6 rings (SSSR count). The number of nitrogens with zero attached hydrogens (tertiary/aromatic N) is 1. The van der Waals surface area contributed by atoms with E-state index in [9.17, 15) is 14.4 Å². The highest BCUT2D eigenvalue weighted by Crippen LogP contribution is 2.30. The number of ether oxygens (including phenoxy) is 2. The van der Waals surface area contributed by atoms with E-state index in [-0.39, 0.29) is 12.2 Å². The van der Waals surface area contributed by atoms with Gasteiger partial charge in [0.1, 0.15) is 30.3 Å². The molecule has 7 nitrogen and oxygen atoms in total. The van der Waals surface area contributed by atoms with Gasteiger partial charge in [-0.25, -0.2) is 9.69 Å². The number of barbiturate groups is 1. The van der Waals surface area contributed by atoms with Crippen LogP contribution in [-0.2, 0) is 22.8 Å². The predicted octanol–water partition coefficient (Wildman–Crippen LogP) is 7.74. The van der Waals surface area contributed by atoms with Gasteiger partial charge in [-0.1, -0.05) is 88.2 Å². The second kappa shape index (κ2) is 12.6. The molecule has 1 heterocycles. The van der Waals surface area contributed by atoms with Gasteiger partial charge in [-0.2, -0.15) is 0 Å². The molecule has 0 aliphatic carbocycles. The predicted molar refractivity (Wildman–Crippen MR) is 173 cm³/mol. The first kappa shape index (κ1) is 28.9. The Morgan fingerprint density at radius 2 is 1.55 bits per heavy atom. The Hall–Kier alpha value is -5.21. The van der Waals surface area contributed by atoms with Crippen LogP contribution in [0.2, 0.25) is 0 Å². The van der Waals surface area contributed by atoms with Gasteiger partial charge < -0.3 is 9.47 Å². The zero-order chi connectivity index (χ0) is 30.6. The summed E-state index contributed by atoms with van der Waals surface area (Å²) in [5.41, 5.74) is 3.80. The molecule has 44 heavy (non-hydrogen) atoms. The second-order valence-electron chi connectivity index (χ2n) is 10.3. The molecule has 1 N–H and O–H groups in total. The number of urea groups is 1. The van der Waals surface area contributed by atoms with Crippen LogP contribution in [0.1, 0.15) is 22.3 Å². The number of fused-ring (bicyclic) bond motifs is 1. The highest BCUT2D eigenvalue weighted by molar-refractivity contribution is 9.10. The first-order valence-electron chi connectivity index (χ1n) is 13.9. The van der Waals surface area contributed by atoms with Crippen LogP contribution < -0.4 is 19.7 Å². The highest BCUT2D eigenvalue weighted by atomic mass is 79.9.